The van der Waals surface area contributed by atoms with Gasteiger partial charge in [0.25, 0.3) is 5.91 Å². The highest BCUT2D eigenvalue weighted by Crippen LogP contribution is 2.36. The fourth-order valence-electron chi connectivity index (χ4n) is 4.24. The van der Waals surface area contributed by atoms with E-state index in [4.69, 9.17) is 4.42 Å². The number of fused-ring (bicyclic) bond motifs is 1. The summed E-state index contributed by atoms with van der Waals surface area (Å²) in [7, 11) is -4.94. The van der Waals surface area contributed by atoms with Crippen molar-refractivity contribution >= 4 is 42.9 Å². The Hall–Kier alpha value is -3.81. The van der Waals surface area contributed by atoms with Crippen molar-refractivity contribution in [1.29, 1.82) is 0 Å². The maximum Gasteiger partial charge on any atom is 0.255 e. The van der Waals surface area contributed by atoms with E-state index in [0.717, 1.165) is 14.9 Å². The van der Waals surface area contributed by atoms with Crippen LogP contribution in [-0.2, 0) is 26.5 Å². The van der Waals surface area contributed by atoms with E-state index in [1.165, 1.54) is 50.5 Å². The third kappa shape index (κ3) is 5.71. The van der Waals surface area contributed by atoms with Crippen molar-refractivity contribution in [2.45, 2.75) is 18.2 Å². The number of sulfonamides is 2. The highest BCUT2D eigenvalue weighted by atomic mass is 32.2. The van der Waals surface area contributed by atoms with Crippen molar-refractivity contribution in [2.75, 3.05) is 37.7 Å². The molecule has 0 radical (unpaired) electrons. The van der Waals surface area contributed by atoms with Crippen LogP contribution in [0.4, 0.5) is 10.2 Å². The first-order valence-electron chi connectivity index (χ1n) is 12.3. The lowest BCUT2D eigenvalue weighted by molar-refractivity contribution is 0.0964. The maximum absolute atomic E-state index is 13.6. The Morgan fingerprint density at radius 1 is 1.02 bits per heavy atom. The molecule has 1 amide bonds. The van der Waals surface area contributed by atoms with Gasteiger partial charge in [0.05, 0.1) is 22.1 Å². The second-order valence-corrected chi connectivity index (χ2v) is 13.0. The smallest absolute Gasteiger partial charge is 0.255 e. The van der Waals surface area contributed by atoms with E-state index in [2.05, 4.69) is 10.3 Å². The zero-order chi connectivity index (χ0) is 29.2. The highest BCUT2D eigenvalue weighted by molar-refractivity contribution is 7.92. The molecule has 40 heavy (non-hydrogen) atoms. The van der Waals surface area contributed by atoms with Crippen LogP contribution in [0.5, 0.6) is 0 Å². The fourth-order valence-corrected chi connectivity index (χ4v) is 6.31. The van der Waals surface area contributed by atoms with E-state index < -0.39 is 31.8 Å². The number of likely N-dealkylation sites (N-methyl/N-ethyl adjacent to an activating group) is 1. The lowest BCUT2D eigenvalue weighted by Gasteiger charge is -2.26. The van der Waals surface area contributed by atoms with E-state index in [1.54, 1.807) is 31.2 Å². The topological polar surface area (TPSA) is 130 Å². The zero-order valence-electron chi connectivity index (χ0n) is 22.4. The van der Waals surface area contributed by atoms with Crippen LogP contribution in [0, 0.1) is 5.82 Å². The molecule has 0 unspecified atom stereocenters. The number of pyridine rings is 1. The van der Waals surface area contributed by atoms with Gasteiger partial charge in [-0.3, -0.25) is 9.10 Å². The predicted molar refractivity (Wildman–Crippen MR) is 151 cm³/mol. The van der Waals surface area contributed by atoms with Crippen LogP contribution in [0.2, 0.25) is 0 Å². The van der Waals surface area contributed by atoms with Gasteiger partial charge in [0.1, 0.15) is 17.4 Å². The number of furan rings is 1. The van der Waals surface area contributed by atoms with Crippen molar-refractivity contribution in [3.8, 4) is 11.3 Å². The normalized spacial score (nSPS) is 12.2. The Labute approximate surface area is 232 Å². The van der Waals surface area contributed by atoms with Gasteiger partial charge in [0.15, 0.2) is 0 Å². The zero-order valence-corrected chi connectivity index (χ0v) is 24.0. The van der Waals surface area contributed by atoms with Crippen molar-refractivity contribution in [3.63, 3.8) is 0 Å². The molecule has 0 aliphatic carbocycles. The summed E-state index contributed by atoms with van der Waals surface area (Å²) in [5.41, 5.74) is 1.12. The Kier molecular flexibility index (Phi) is 8.28. The van der Waals surface area contributed by atoms with E-state index in [9.17, 15) is 26.0 Å². The van der Waals surface area contributed by atoms with E-state index >= 15 is 0 Å². The number of halogens is 1. The largest absolute Gasteiger partial charge is 0.437 e. The van der Waals surface area contributed by atoms with E-state index in [0.29, 0.717) is 22.9 Å². The molecule has 4 rings (SSSR count). The number of benzene rings is 2. The molecule has 0 aliphatic rings. The third-order valence-corrected chi connectivity index (χ3v) is 9.41. The number of rotatable bonds is 10. The summed E-state index contributed by atoms with van der Waals surface area (Å²) < 4.78 is 73.5. The van der Waals surface area contributed by atoms with Crippen molar-refractivity contribution < 1.29 is 30.4 Å². The van der Waals surface area contributed by atoms with Crippen molar-refractivity contribution in [1.82, 2.24) is 14.6 Å². The monoisotopic (exact) mass is 588 g/mol. The van der Waals surface area contributed by atoms with Crippen LogP contribution in [0.3, 0.4) is 0 Å². The Bertz CT molecular complexity index is 1760. The van der Waals surface area contributed by atoms with Gasteiger partial charge in [0, 0.05) is 32.7 Å². The van der Waals surface area contributed by atoms with Crippen LogP contribution in [0.1, 0.15) is 22.8 Å². The standard InChI is InChI=1S/C27H29FN4O6S2/c1-5-18-17-22-23(26(33)29-2)24(19-11-13-20(28)14-12-19)38-27(22)30-25(18)32(39(4,34)35)16-15-31(3)40(36,37)21-9-7-6-8-10-21/h6-14,17H,5,15-16H2,1-4H3,(H,29,33). The highest BCUT2D eigenvalue weighted by Gasteiger charge is 2.29. The van der Waals surface area contributed by atoms with Gasteiger partial charge in [-0.15, -0.1) is 0 Å². The molecule has 0 fully saturated rings. The molecule has 4 aromatic rings. The number of aryl methyl sites for hydroxylation is 1. The van der Waals surface area contributed by atoms with Gasteiger partial charge in [0.2, 0.25) is 25.8 Å². The lowest BCUT2D eigenvalue weighted by atomic mass is 10.0. The Balaban J connectivity index is 1.80. The minimum absolute atomic E-state index is 0.00374. The molecule has 2 aromatic carbocycles. The number of nitrogens with one attached hydrogen (secondary N) is 1. The number of hydrogen-bond acceptors (Lipinski definition) is 7. The van der Waals surface area contributed by atoms with Crippen LogP contribution in [0.15, 0.2) is 70.0 Å². The van der Waals surface area contributed by atoms with Crippen molar-refractivity contribution in [3.05, 3.63) is 77.6 Å². The van der Waals surface area contributed by atoms with Gasteiger partial charge < -0.3 is 9.73 Å². The number of carbonyl (C=O) groups excluding carboxylic acids is 1. The average Bonchev–Trinajstić information content (AvgIpc) is 3.30. The molecule has 0 saturated carbocycles. The van der Waals surface area contributed by atoms with Crippen LogP contribution in [0.25, 0.3) is 22.4 Å². The first-order chi connectivity index (χ1) is 18.9. The first-order valence-corrected chi connectivity index (χ1v) is 15.6. The minimum Gasteiger partial charge on any atom is -0.437 e. The molecule has 0 bridgehead atoms. The van der Waals surface area contributed by atoms with E-state index in [-0.39, 0.29) is 40.8 Å². The number of aromatic nitrogens is 1. The molecule has 2 aromatic heterocycles. The minimum atomic E-state index is -3.92. The SMILES string of the molecule is CCc1cc2c(C(=O)NC)c(-c3ccc(F)cc3)oc2nc1N(CCN(C)S(=O)(=O)c1ccccc1)S(C)(=O)=O. The first kappa shape index (κ1) is 29.2. The fraction of sp³-hybridized carbons (Fsp3) is 0.259. The molecule has 10 nitrogen and oxygen atoms in total. The molecule has 0 spiro atoms. The number of nitrogens with zero attached hydrogens (tertiary/aromatic N) is 3. The second kappa shape index (κ2) is 11.4. The van der Waals surface area contributed by atoms with Crippen LogP contribution in [-0.4, -0.2) is 65.5 Å². The average molecular weight is 589 g/mol. The number of amides is 1. The summed E-state index contributed by atoms with van der Waals surface area (Å²) in [6.07, 6.45) is 1.36. The molecular formula is C27H29FN4O6S2. The molecule has 0 atom stereocenters. The molecule has 0 aliphatic heterocycles. The quantitative estimate of drug-likeness (QED) is 0.299. The lowest BCUT2D eigenvalue weighted by Crippen LogP contribution is -2.40. The molecule has 1 N–H and O–H groups in total. The molecule has 212 valence electrons. The van der Waals surface area contributed by atoms with Gasteiger partial charge >= 0.3 is 0 Å². The second-order valence-electron chi connectivity index (χ2n) is 9.04. The predicted octanol–water partition coefficient (Wildman–Crippen LogP) is 3.64. The van der Waals surface area contributed by atoms with Gasteiger partial charge in [-0.1, -0.05) is 25.1 Å². The molecule has 0 saturated heterocycles. The maximum atomic E-state index is 13.6. The summed E-state index contributed by atoms with van der Waals surface area (Å²) in [4.78, 5) is 17.5. The summed E-state index contributed by atoms with van der Waals surface area (Å²) in [5, 5.41) is 2.93. The number of anilines is 1. The van der Waals surface area contributed by atoms with Crippen LogP contribution >= 0.6 is 0 Å². The summed E-state index contributed by atoms with van der Waals surface area (Å²) >= 11 is 0. The molecule has 2 heterocycles. The van der Waals surface area contributed by atoms with Crippen LogP contribution < -0.4 is 9.62 Å². The third-order valence-electron chi connectivity index (χ3n) is 6.39. The van der Waals surface area contributed by atoms with Crippen molar-refractivity contribution in [2.24, 2.45) is 0 Å². The molecular weight excluding hydrogens is 559 g/mol. The summed E-state index contributed by atoms with van der Waals surface area (Å²) in [5.74, 6) is -0.702. The van der Waals surface area contributed by atoms with E-state index in [1.807, 2.05) is 0 Å². The summed E-state index contributed by atoms with van der Waals surface area (Å²) in [6, 6.07) is 14.9. The number of carbonyl (C=O) groups is 1. The van der Waals surface area contributed by atoms with Gasteiger partial charge in [-0.25, -0.2) is 21.2 Å². The molecule has 13 heteroatoms. The summed E-state index contributed by atoms with van der Waals surface area (Å²) in [6.45, 7) is 1.43. The van der Waals surface area contributed by atoms with Gasteiger partial charge in [-0.2, -0.15) is 9.29 Å². The Morgan fingerprint density at radius 3 is 2.25 bits per heavy atom. The van der Waals surface area contributed by atoms with Gasteiger partial charge in [-0.05, 0) is 54.4 Å². The Morgan fingerprint density at radius 2 is 1.68 bits per heavy atom. The number of hydrogen-bond donors (Lipinski definition) is 1.